The van der Waals surface area contributed by atoms with Crippen molar-refractivity contribution < 1.29 is 0 Å². The Morgan fingerprint density at radius 2 is 2.44 bits per heavy atom. The van der Waals surface area contributed by atoms with Gasteiger partial charge >= 0.3 is 0 Å². The SMILES string of the molecule is CCC(/C(=C/N=O)NC)c1ccc(Cl)nc1. The quantitative estimate of drug-likeness (QED) is 0.635. The normalized spacial score (nSPS) is 13.3. The van der Waals surface area contributed by atoms with E-state index >= 15 is 0 Å². The minimum absolute atomic E-state index is 0.0902. The number of halogens is 1. The molecule has 1 aromatic heterocycles. The lowest BCUT2D eigenvalue weighted by Gasteiger charge is -2.17. The van der Waals surface area contributed by atoms with Gasteiger partial charge in [0.2, 0.25) is 0 Å². The van der Waals surface area contributed by atoms with Crippen molar-refractivity contribution in [1.82, 2.24) is 10.3 Å². The predicted molar refractivity (Wildman–Crippen MR) is 65.2 cm³/mol. The van der Waals surface area contributed by atoms with E-state index in [1.807, 2.05) is 13.0 Å². The van der Waals surface area contributed by atoms with Crippen LogP contribution < -0.4 is 5.32 Å². The second kappa shape index (κ2) is 6.23. The van der Waals surface area contributed by atoms with Gasteiger partial charge in [-0.05, 0) is 23.2 Å². The molecule has 0 amide bonds. The van der Waals surface area contributed by atoms with Crippen molar-refractivity contribution in [3.8, 4) is 0 Å². The number of pyridine rings is 1. The van der Waals surface area contributed by atoms with E-state index in [0.29, 0.717) is 5.15 Å². The van der Waals surface area contributed by atoms with Crippen LogP contribution in [0.4, 0.5) is 0 Å². The Kier molecular flexibility index (Phi) is 4.92. The van der Waals surface area contributed by atoms with Gasteiger partial charge in [0.1, 0.15) is 5.15 Å². The number of likely N-dealkylation sites (N-methyl/N-ethyl adjacent to an activating group) is 1. The highest BCUT2D eigenvalue weighted by atomic mass is 35.5. The minimum atomic E-state index is 0.0902. The van der Waals surface area contributed by atoms with Gasteiger partial charge in [0.25, 0.3) is 0 Å². The van der Waals surface area contributed by atoms with Gasteiger partial charge < -0.3 is 5.32 Å². The van der Waals surface area contributed by atoms with E-state index in [0.717, 1.165) is 17.7 Å². The van der Waals surface area contributed by atoms with Crippen LogP contribution in [0.2, 0.25) is 5.15 Å². The van der Waals surface area contributed by atoms with Crippen molar-refractivity contribution in [2.45, 2.75) is 19.3 Å². The molecule has 16 heavy (non-hydrogen) atoms. The van der Waals surface area contributed by atoms with Crippen LogP contribution in [0, 0.1) is 4.91 Å². The average Bonchev–Trinajstić information content (AvgIpc) is 2.31. The van der Waals surface area contributed by atoms with Crippen molar-refractivity contribution >= 4 is 11.6 Å². The predicted octanol–water partition coefficient (Wildman–Crippen LogP) is 3.06. The van der Waals surface area contributed by atoms with Gasteiger partial charge in [-0.3, -0.25) is 0 Å². The Morgan fingerprint density at radius 3 is 2.88 bits per heavy atom. The van der Waals surface area contributed by atoms with Gasteiger partial charge in [0.15, 0.2) is 0 Å². The molecule has 1 atom stereocenters. The highest BCUT2D eigenvalue weighted by molar-refractivity contribution is 6.29. The molecule has 0 radical (unpaired) electrons. The molecule has 0 saturated heterocycles. The fourth-order valence-electron chi connectivity index (χ4n) is 1.61. The smallest absolute Gasteiger partial charge is 0.129 e. The summed E-state index contributed by atoms with van der Waals surface area (Å²) in [6, 6.07) is 3.64. The van der Waals surface area contributed by atoms with Crippen molar-refractivity contribution in [3.63, 3.8) is 0 Å². The van der Waals surface area contributed by atoms with E-state index in [1.165, 1.54) is 6.20 Å². The molecule has 0 aliphatic rings. The highest BCUT2D eigenvalue weighted by Gasteiger charge is 2.14. The first-order chi connectivity index (χ1) is 7.72. The third-order valence-corrected chi connectivity index (χ3v) is 2.64. The Morgan fingerprint density at radius 1 is 1.69 bits per heavy atom. The molecule has 0 aliphatic carbocycles. The number of rotatable bonds is 5. The molecule has 0 saturated carbocycles. The number of hydrogen-bond donors (Lipinski definition) is 1. The van der Waals surface area contributed by atoms with Crippen LogP contribution in [-0.4, -0.2) is 12.0 Å². The highest BCUT2D eigenvalue weighted by Crippen LogP contribution is 2.26. The number of allylic oxidation sites excluding steroid dienone is 1. The first-order valence-electron chi connectivity index (χ1n) is 5.04. The lowest BCUT2D eigenvalue weighted by molar-refractivity contribution is 0.697. The average molecular weight is 240 g/mol. The molecule has 0 fully saturated rings. The molecular formula is C11H14ClN3O. The van der Waals surface area contributed by atoms with Crippen LogP contribution in [0.1, 0.15) is 24.8 Å². The molecule has 0 bridgehead atoms. The summed E-state index contributed by atoms with van der Waals surface area (Å²) in [7, 11) is 1.77. The molecule has 0 aliphatic heterocycles. The van der Waals surface area contributed by atoms with Crippen LogP contribution in [0.3, 0.4) is 0 Å². The Balaban J connectivity index is 3.01. The maximum absolute atomic E-state index is 10.3. The van der Waals surface area contributed by atoms with Crippen LogP contribution >= 0.6 is 11.6 Å². The number of nitrogens with one attached hydrogen (secondary N) is 1. The van der Waals surface area contributed by atoms with Gasteiger partial charge in [-0.15, -0.1) is 4.91 Å². The topological polar surface area (TPSA) is 54.4 Å². The molecule has 0 aromatic carbocycles. The molecule has 1 unspecified atom stereocenters. The van der Waals surface area contributed by atoms with Gasteiger partial charge in [-0.25, -0.2) is 4.98 Å². The molecule has 1 N–H and O–H groups in total. The first-order valence-corrected chi connectivity index (χ1v) is 5.42. The summed E-state index contributed by atoms with van der Waals surface area (Å²) >= 11 is 5.72. The van der Waals surface area contributed by atoms with Crippen LogP contribution in [0.25, 0.3) is 0 Å². The van der Waals surface area contributed by atoms with E-state index in [2.05, 4.69) is 15.5 Å². The van der Waals surface area contributed by atoms with Crippen LogP contribution in [-0.2, 0) is 0 Å². The van der Waals surface area contributed by atoms with Crippen molar-refractivity contribution in [3.05, 3.63) is 45.9 Å². The molecule has 86 valence electrons. The largest absolute Gasteiger partial charge is 0.390 e. The maximum Gasteiger partial charge on any atom is 0.129 e. The summed E-state index contributed by atoms with van der Waals surface area (Å²) in [6.45, 7) is 2.04. The number of nitroso groups, excluding NO2 is 1. The van der Waals surface area contributed by atoms with Crippen molar-refractivity contribution in [1.29, 1.82) is 0 Å². The Hall–Kier alpha value is -1.42. The fraction of sp³-hybridized carbons (Fsp3) is 0.364. The standard InChI is InChI=1S/C11H14ClN3O/c1-3-9(10(13-2)7-15-16)8-4-5-11(12)14-6-8/h4-7,9,13H,3H2,1-2H3/b10-7-. The third-order valence-electron chi connectivity index (χ3n) is 2.42. The second-order valence-electron chi connectivity index (χ2n) is 3.31. The zero-order chi connectivity index (χ0) is 12.0. The molecule has 1 aromatic rings. The van der Waals surface area contributed by atoms with Crippen molar-refractivity contribution in [2.24, 2.45) is 5.18 Å². The minimum Gasteiger partial charge on any atom is -0.390 e. The van der Waals surface area contributed by atoms with E-state index in [1.54, 1.807) is 19.3 Å². The molecular weight excluding hydrogens is 226 g/mol. The third kappa shape index (κ3) is 3.03. The second-order valence-corrected chi connectivity index (χ2v) is 3.70. The molecule has 4 nitrogen and oxygen atoms in total. The van der Waals surface area contributed by atoms with E-state index in [9.17, 15) is 4.91 Å². The molecule has 1 heterocycles. The number of hydrogen-bond acceptors (Lipinski definition) is 4. The number of nitrogens with zero attached hydrogens (tertiary/aromatic N) is 2. The zero-order valence-electron chi connectivity index (χ0n) is 9.27. The fourth-order valence-corrected chi connectivity index (χ4v) is 1.73. The summed E-state index contributed by atoms with van der Waals surface area (Å²) in [6.07, 6.45) is 3.86. The van der Waals surface area contributed by atoms with Crippen LogP contribution in [0.15, 0.2) is 35.4 Å². The Bertz CT molecular complexity index is 375. The summed E-state index contributed by atoms with van der Waals surface area (Å²) in [4.78, 5) is 14.3. The summed E-state index contributed by atoms with van der Waals surface area (Å²) in [5.41, 5.74) is 1.79. The van der Waals surface area contributed by atoms with E-state index < -0.39 is 0 Å². The summed E-state index contributed by atoms with van der Waals surface area (Å²) < 4.78 is 0. The lowest BCUT2D eigenvalue weighted by Crippen LogP contribution is -2.14. The monoisotopic (exact) mass is 239 g/mol. The first kappa shape index (κ1) is 12.6. The van der Waals surface area contributed by atoms with E-state index in [4.69, 9.17) is 11.6 Å². The number of aromatic nitrogens is 1. The zero-order valence-corrected chi connectivity index (χ0v) is 10.0. The van der Waals surface area contributed by atoms with Gasteiger partial charge in [-0.1, -0.05) is 24.6 Å². The van der Waals surface area contributed by atoms with Gasteiger partial charge in [0.05, 0.1) is 6.20 Å². The van der Waals surface area contributed by atoms with Gasteiger partial charge in [0, 0.05) is 24.9 Å². The van der Waals surface area contributed by atoms with Crippen LogP contribution in [0.5, 0.6) is 0 Å². The molecule has 0 spiro atoms. The summed E-state index contributed by atoms with van der Waals surface area (Å²) in [5.74, 6) is 0.0902. The molecule has 5 heteroatoms. The molecule has 1 rings (SSSR count). The van der Waals surface area contributed by atoms with E-state index in [-0.39, 0.29) is 5.92 Å². The van der Waals surface area contributed by atoms with Gasteiger partial charge in [-0.2, -0.15) is 0 Å². The summed E-state index contributed by atoms with van der Waals surface area (Å²) in [5, 5.41) is 6.23. The maximum atomic E-state index is 10.3. The Labute approximate surface area is 99.7 Å². The van der Waals surface area contributed by atoms with Crippen molar-refractivity contribution in [2.75, 3.05) is 7.05 Å². The lowest BCUT2D eigenvalue weighted by atomic mass is 9.95.